The Morgan fingerprint density at radius 3 is 2.42 bits per heavy atom. The molecule has 0 unspecified atom stereocenters. The van der Waals surface area contributed by atoms with Crippen LogP contribution in [0.25, 0.3) is 22.2 Å². The van der Waals surface area contributed by atoms with Crippen LogP contribution in [0.1, 0.15) is 5.56 Å². The molecule has 0 amide bonds. The lowest BCUT2D eigenvalue weighted by Crippen LogP contribution is -2.46. The van der Waals surface area contributed by atoms with E-state index in [2.05, 4.69) is 19.8 Å². The molecule has 0 bridgehead atoms. The van der Waals surface area contributed by atoms with Gasteiger partial charge in [-0.3, -0.25) is 9.88 Å². The number of aromatic hydroxyl groups is 1. The summed E-state index contributed by atoms with van der Waals surface area (Å²) in [5, 5.41) is 11.3. The fraction of sp³-hybridized carbons (Fsp3) is 0.208. The van der Waals surface area contributed by atoms with Crippen LogP contribution in [0.5, 0.6) is 5.75 Å². The average molecular weight is 414 g/mol. The predicted octanol–water partition coefficient (Wildman–Crippen LogP) is 3.28. The zero-order valence-corrected chi connectivity index (χ0v) is 16.9. The average Bonchev–Trinajstić information content (AvgIpc) is 2.82. The molecule has 1 saturated heterocycles. The number of fused-ring (bicyclic) bond motifs is 1. The smallest absolute Gasteiger partial charge is 0.345 e. The number of aromatic nitrogens is 2. The minimum Gasteiger partial charge on any atom is -0.507 e. The van der Waals surface area contributed by atoms with Crippen LogP contribution in [0.15, 0.2) is 76.2 Å². The summed E-state index contributed by atoms with van der Waals surface area (Å²) in [4.78, 5) is 25.8. The van der Waals surface area contributed by atoms with Gasteiger partial charge in [0.1, 0.15) is 17.2 Å². The Labute approximate surface area is 179 Å². The minimum absolute atomic E-state index is 0.133. The summed E-state index contributed by atoms with van der Waals surface area (Å²) in [5.74, 6) is 1.11. The van der Waals surface area contributed by atoms with Crippen LogP contribution in [0.4, 0.5) is 5.82 Å². The van der Waals surface area contributed by atoms with Crippen molar-refractivity contribution in [2.75, 3.05) is 31.1 Å². The van der Waals surface area contributed by atoms with Gasteiger partial charge in [0.15, 0.2) is 0 Å². The van der Waals surface area contributed by atoms with Gasteiger partial charge in [0, 0.05) is 50.5 Å². The fourth-order valence-corrected chi connectivity index (χ4v) is 3.98. The van der Waals surface area contributed by atoms with E-state index < -0.39 is 5.63 Å². The van der Waals surface area contributed by atoms with Gasteiger partial charge in [-0.15, -0.1) is 0 Å². The van der Waals surface area contributed by atoms with Gasteiger partial charge in [0.2, 0.25) is 0 Å². The topological polar surface area (TPSA) is 82.7 Å². The van der Waals surface area contributed by atoms with Gasteiger partial charge in [0.25, 0.3) is 0 Å². The molecule has 0 spiro atoms. The molecule has 1 fully saturated rings. The van der Waals surface area contributed by atoms with E-state index >= 15 is 0 Å². The van der Waals surface area contributed by atoms with Gasteiger partial charge in [-0.05, 0) is 42.5 Å². The summed E-state index contributed by atoms with van der Waals surface area (Å²) in [5.41, 5.74) is 1.58. The number of anilines is 1. The molecule has 31 heavy (non-hydrogen) atoms. The third-order valence-corrected chi connectivity index (χ3v) is 5.65. The molecular formula is C24H22N4O3. The number of nitrogens with zero attached hydrogens (tertiary/aromatic N) is 4. The largest absolute Gasteiger partial charge is 0.507 e. The first-order valence-electron chi connectivity index (χ1n) is 10.3. The summed E-state index contributed by atoms with van der Waals surface area (Å²) in [6.45, 7) is 3.84. The second-order valence-corrected chi connectivity index (χ2v) is 7.60. The van der Waals surface area contributed by atoms with Gasteiger partial charge >= 0.3 is 5.63 Å². The van der Waals surface area contributed by atoms with Gasteiger partial charge in [-0.2, -0.15) is 0 Å². The van der Waals surface area contributed by atoms with Crippen LogP contribution in [0.3, 0.4) is 0 Å². The van der Waals surface area contributed by atoms with E-state index in [0.29, 0.717) is 28.9 Å². The first-order chi connectivity index (χ1) is 15.2. The Kier molecular flexibility index (Phi) is 5.09. The maximum Gasteiger partial charge on any atom is 0.345 e. The van der Waals surface area contributed by atoms with Crippen molar-refractivity contribution < 1.29 is 9.52 Å². The zero-order valence-electron chi connectivity index (χ0n) is 16.9. The maximum atomic E-state index is 12.7. The van der Waals surface area contributed by atoms with Crippen molar-refractivity contribution in [3.8, 4) is 17.0 Å². The number of hydrogen-bond donors (Lipinski definition) is 1. The summed E-state index contributed by atoms with van der Waals surface area (Å²) >= 11 is 0. The molecule has 7 nitrogen and oxygen atoms in total. The third-order valence-electron chi connectivity index (χ3n) is 5.65. The molecule has 1 aliphatic heterocycles. The Morgan fingerprint density at radius 1 is 0.935 bits per heavy atom. The van der Waals surface area contributed by atoms with Crippen LogP contribution in [0.2, 0.25) is 0 Å². The normalized spacial score (nSPS) is 14.8. The summed E-state index contributed by atoms with van der Waals surface area (Å²) in [7, 11) is 0. The number of phenolic OH excluding ortho intramolecular Hbond substituents is 1. The SMILES string of the molecule is O=c1oc2c(CN3CCN(c4ccccn4)CC3)c(O)ccc2cc1-c1ccccn1. The van der Waals surface area contributed by atoms with Crippen LogP contribution < -0.4 is 10.5 Å². The van der Waals surface area contributed by atoms with E-state index in [4.69, 9.17) is 4.42 Å². The number of hydrogen-bond acceptors (Lipinski definition) is 7. The highest BCUT2D eigenvalue weighted by atomic mass is 16.4. The highest BCUT2D eigenvalue weighted by molar-refractivity contribution is 5.85. The molecule has 1 aromatic carbocycles. The maximum absolute atomic E-state index is 12.7. The number of phenols is 1. The van der Waals surface area contributed by atoms with Gasteiger partial charge in [-0.1, -0.05) is 12.1 Å². The lowest BCUT2D eigenvalue weighted by Gasteiger charge is -2.35. The molecule has 156 valence electrons. The monoisotopic (exact) mass is 414 g/mol. The molecular weight excluding hydrogens is 392 g/mol. The summed E-state index contributed by atoms with van der Waals surface area (Å²) < 4.78 is 5.69. The van der Waals surface area contributed by atoms with Crippen molar-refractivity contribution in [3.05, 3.63) is 83.0 Å². The number of benzene rings is 1. The minimum atomic E-state index is -0.460. The number of rotatable bonds is 4. The van der Waals surface area contributed by atoms with E-state index in [-0.39, 0.29) is 5.75 Å². The summed E-state index contributed by atoms with van der Waals surface area (Å²) in [6.07, 6.45) is 3.45. The van der Waals surface area contributed by atoms with E-state index in [1.165, 1.54) is 0 Å². The Bertz CT molecular complexity index is 1250. The first kappa shape index (κ1) is 19.3. The Balaban J connectivity index is 1.41. The molecule has 4 aromatic rings. The van der Waals surface area contributed by atoms with Crippen LogP contribution in [0, 0.1) is 0 Å². The molecule has 4 heterocycles. The molecule has 0 saturated carbocycles. The molecule has 0 radical (unpaired) electrons. The van der Waals surface area contributed by atoms with Gasteiger partial charge in [0.05, 0.1) is 16.8 Å². The highest BCUT2D eigenvalue weighted by Crippen LogP contribution is 2.30. The van der Waals surface area contributed by atoms with Crippen molar-refractivity contribution >= 4 is 16.8 Å². The van der Waals surface area contributed by atoms with Crippen LogP contribution >= 0.6 is 0 Å². The Morgan fingerprint density at radius 2 is 1.71 bits per heavy atom. The van der Waals surface area contributed by atoms with Crippen LogP contribution in [-0.2, 0) is 6.54 Å². The lowest BCUT2D eigenvalue weighted by molar-refractivity contribution is 0.246. The second-order valence-electron chi connectivity index (χ2n) is 7.60. The highest BCUT2D eigenvalue weighted by Gasteiger charge is 2.21. The quantitative estimate of drug-likeness (QED) is 0.513. The first-order valence-corrected chi connectivity index (χ1v) is 10.3. The fourth-order valence-electron chi connectivity index (χ4n) is 3.98. The number of piperazine rings is 1. The zero-order chi connectivity index (χ0) is 21.2. The molecule has 3 aromatic heterocycles. The van der Waals surface area contributed by atoms with Crippen molar-refractivity contribution in [1.29, 1.82) is 0 Å². The van der Waals surface area contributed by atoms with E-state index in [1.807, 2.05) is 24.3 Å². The number of pyridine rings is 2. The molecule has 1 N–H and O–H groups in total. The predicted molar refractivity (Wildman–Crippen MR) is 119 cm³/mol. The third kappa shape index (κ3) is 3.87. The molecule has 1 aliphatic rings. The van der Waals surface area contributed by atoms with Crippen molar-refractivity contribution in [3.63, 3.8) is 0 Å². The van der Waals surface area contributed by atoms with Gasteiger partial charge in [-0.25, -0.2) is 9.78 Å². The molecule has 0 atom stereocenters. The molecule has 0 aliphatic carbocycles. The van der Waals surface area contributed by atoms with Crippen molar-refractivity contribution in [1.82, 2.24) is 14.9 Å². The van der Waals surface area contributed by atoms with E-state index in [1.54, 1.807) is 42.7 Å². The summed E-state index contributed by atoms with van der Waals surface area (Å²) in [6, 6.07) is 16.5. The van der Waals surface area contributed by atoms with Crippen molar-refractivity contribution in [2.45, 2.75) is 6.54 Å². The second kappa shape index (κ2) is 8.20. The Hall–Kier alpha value is -3.71. The van der Waals surface area contributed by atoms with Crippen LogP contribution in [-0.4, -0.2) is 46.2 Å². The van der Waals surface area contributed by atoms with E-state index in [9.17, 15) is 9.90 Å². The standard InChI is InChI=1S/C24H22N4O3/c29-21-8-7-17-15-18(20-5-1-3-9-25-20)24(30)31-23(17)19(21)16-27-11-13-28(14-12-27)22-6-2-4-10-26-22/h1-10,15,29H,11-14,16H2. The van der Waals surface area contributed by atoms with Gasteiger partial charge < -0.3 is 14.4 Å². The lowest BCUT2D eigenvalue weighted by atomic mass is 10.1. The molecule has 7 heteroatoms. The van der Waals surface area contributed by atoms with Crippen molar-refractivity contribution in [2.24, 2.45) is 0 Å². The molecule has 5 rings (SSSR count). The van der Waals surface area contributed by atoms with E-state index in [0.717, 1.165) is 37.4 Å².